The highest BCUT2D eigenvalue weighted by Gasteiger charge is 2.34. The number of amidine groups is 1. The molecule has 0 heterocycles. The number of phenols is 1. The summed E-state index contributed by atoms with van der Waals surface area (Å²) >= 11 is 0. The lowest BCUT2D eigenvalue weighted by Gasteiger charge is -2.29. The van der Waals surface area contributed by atoms with Gasteiger partial charge in [-0.05, 0) is 40.8 Å². The summed E-state index contributed by atoms with van der Waals surface area (Å²) in [6.45, 7) is 0.385. The van der Waals surface area contributed by atoms with Crippen LogP contribution >= 0.6 is 0 Å². The number of nitrogens with zero attached hydrogens (tertiary/aromatic N) is 1. The van der Waals surface area contributed by atoms with Gasteiger partial charge in [-0.2, -0.15) is 0 Å². The SMILES string of the molecule is N=C(N)c1ccc(C(CCN=C(N)N)C(NC(=O)C(c2ccccc2)c2ccccc2)C(=O)NCc2ccc(O)cc2)cc1. The average Bonchev–Trinajstić information content (AvgIpc) is 3.03. The smallest absolute Gasteiger partial charge is 0.243 e. The van der Waals surface area contributed by atoms with Crippen LogP contribution in [0, 0.1) is 5.41 Å². The third-order valence-electron chi connectivity index (χ3n) is 7.30. The Morgan fingerprint density at radius 3 is 1.84 bits per heavy atom. The van der Waals surface area contributed by atoms with Gasteiger partial charge in [-0.3, -0.25) is 20.0 Å². The van der Waals surface area contributed by atoms with E-state index < -0.39 is 23.8 Å². The van der Waals surface area contributed by atoms with Gasteiger partial charge in [0.2, 0.25) is 11.8 Å². The molecule has 4 aromatic rings. The van der Waals surface area contributed by atoms with Crippen molar-refractivity contribution >= 4 is 23.6 Å². The summed E-state index contributed by atoms with van der Waals surface area (Å²) < 4.78 is 0. The van der Waals surface area contributed by atoms with Gasteiger partial charge in [0.05, 0.1) is 5.92 Å². The fourth-order valence-electron chi connectivity index (χ4n) is 5.05. The van der Waals surface area contributed by atoms with Crippen LogP contribution in [-0.2, 0) is 16.1 Å². The molecule has 0 aromatic heterocycles. The first kappa shape index (κ1) is 31.3. The molecule has 0 saturated carbocycles. The normalized spacial score (nSPS) is 12.1. The molecule has 10 nitrogen and oxygen atoms in total. The lowest BCUT2D eigenvalue weighted by Crippen LogP contribution is -2.51. The number of nitrogen functional groups attached to an aromatic ring is 1. The molecular formula is C34H37N7O3. The van der Waals surface area contributed by atoms with Gasteiger partial charge >= 0.3 is 0 Å². The molecular weight excluding hydrogens is 554 g/mol. The van der Waals surface area contributed by atoms with Gasteiger partial charge in [0.15, 0.2) is 5.96 Å². The van der Waals surface area contributed by atoms with E-state index in [4.69, 9.17) is 22.6 Å². The molecule has 0 aliphatic heterocycles. The molecule has 10 heteroatoms. The molecule has 0 spiro atoms. The zero-order chi connectivity index (χ0) is 31.5. The number of aromatic hydroxyl groups is 1. The number of guanidine groups is 1. The highest BCUT2D eigenvalue weighted by atomic mass is 16.3. The van der Waals surface area contributed by atoms with Gasteiger partial charge in [0.25, 0.3) is 0 Å². The van der Waals surface area contributed by atoms with Gasteiger partial charge < -0.3 is 32.9 Å². The highest BCUT2D eigenvalue weighted by Crippen LogP contribution is 2.29. The Labute approximate surface area is 256 Å². The monoisotopic (exact) mass is 591 g/mol. The van der Waals surface area contributed by atoms with Crippen molar-refractivity contribution in [3.05, 3.63) is 137 Å². The number of rotatable bonds is 13. The molecule has 0 saturated heterocycles. The van der Waals surface area contributed by atoms with Crippen molar-refractivity contribution in [1.29, 1.82) is 5.41 Å². The van der Waals surface area contributed by atoms with Crippen LogP contribution in [0.2, 0.25) is 0 Å². The first-order valence-electron chi connectivity index (χ1n) is 14.2. The molecule has 2 unspecified atom stereocenters. The molecule has 226 valence electrons. The van der Waals surface area contributed by atoms with Crippen LogP contribution in [-0.4, -0.2) is 41.3 Å². The van der Waals surface area contributed by atoms with Crippen LogP contribution in [0.3, 0.4) is 0 Å². The fraction of sp³-hybridized carbons (Fsp3) is 0.176. The van der Waals surface area contributed by atoms with E-state index in [0.29, 0.717) is 12.0 Å². The number of hydrogen-bond acceptors (Lipinski definition) is 5. The van der Waals surface area contributed by atoms with Crippen LogP contribution < -0.4 is 27.8 Å². The van der Waals surface area contributed by atoms with E-state index in [1.54, 1.807) is 48.5 Å². The average molecular weight is 592 g/mol. The van der Waals surface area contributed by atoms with Crippen molar-refractivity contribution in [3.63, 3.8) is 0 Å². The molecule has 10 N–H and O–H groups in total. The zero-order valence-electron chi connectivity index (χ0n) is 24.2. The van der Waals surface area contributed by atoms with Crippen LogP contribution in [0.15, 0.2) is 114 Å². The number of phenolic OH excluding ortho intramolecular Hbond substituents is 1. The molecule has 0 aliphatic carbocycles. The molecule has 0 radical (unpaired) electrons. The Bertz CT molecular complexity index is 1530. The van der Waals surface area contributed by atoms with E-state index in [1.165, 1.54) is 0 Å². The van der Waals surface area contributed by atoms with Crippen molar-refractivity contribution in [2.45, 2.75) is 30.8 Å². The van der Waals surface area contributed by atoms with Gasteiger partial charge in [0, 0.05) is 24.6 Å². The van der Waals surface area contributed by atoms with Gasteiger partial charge in [-0.25, -0.2) is 0 Å². The topological polar surface area (TPSA) is 193 Å². The first-order chi connectivity index (χ1) is 21.2. The first-order valence-corrected chi connectivity index (χ1v) is 14.2. The van der Waals surface area contributed by atoms with E-state index in [-0.39, 0.29) is 36.5 Å². The fourth-order valence-corrected chi connectivity index (χ4v) is 5.05. The maximum absolute atomic E-state index is 14.2. The lowest BCUT2D eigenvalue weighted by atomic mass is 9.85. The number of amides is 2. The van der Waals surface area contributed by atoms with Crippen molar-refractivity contribution in [2.24, 2.45) is 22.2 Å². The lowest BCUT2D eigenvalue weighted by molar-refractivity contribution is -0.130. The number of nitrogens with one attached hydrogen (secondary N) is 3. The Balaban J connectivity index is 1.73. The number of hydrogen-bond donors (Lipinski definition) is 7. The van der Waals surface area contributed by atoms with Crippen molar-refractivity contribution in [2.75, 3.05) is 6.54 Å². The third kappa shape index (κ3) is 8.45. The molecule has 4 rings (SSSR count). The standard InChI is InChI=1S/C34H37N7O3/c35-31(36)26-15-13-23(14-16-26)28(19-20-39-34(37)38)30(33(44)40-21-22-11-17-27(42)18-12-22)41-32(43)29(24-7-3-1-4-8-24)25-9-5-2-6-10-25/h1-18,28-30,42H,19-21H2,(H3,35,36)(H,40,44)(H,41,43)(H4,37,38,39). The van der Waals surface area contributed by atoms with E-state index in [0.717, 1.165) is 22.3 Å². The summed E-state index contributed by atoms with van der Waals surface area (Å²) in [4.78, 5) is 32.3. The van der Waals surface area contributed by atoms with E-state index in [1.807, 2.05) is 60.7 Å². The predicted molar refractivity (Wildman–Crippen MR) is 172 cm³/mol. The van der Waals surface area contributed by atoms with E-state index in [2.05, 4.69) is 15.6 Å². The minimum Gasteiger partial charge on any atom is -0.508 e. The third-order valence-corrected chi connectivity index (χ3v) is 7.30. The molecule has 2 amide bonds. The molecule has 0 bridgehead atoms. The Morgan fingerprint density at radius 2 is 1.32 bits per heavy atom. The van der Waals surface area contributed by atoms with Crippen molar-refractivity contribution in [1.82, 2.24) is 10.6 Å². The maximum atomic E-state index is 14.2. The number of carbonyl (C=O) groups excluding carboxylic acids is 2. The minimum absolute atomic E-state index is 0.0822. The second-order valence-corrected chi connectivity index (χ2v) is 10.4. The summed E-state index contributed by atoms with van der Waals surface area (Å²) in [6, 6.07) is 31.2. The maximum Gasteiger partial charge on any atom is 0.243 e. The summed E-state index contributed by atoms with van der Waals surface area (Å²) in [5.74, 6) is -2.03. The molecule has 4 aromatic carbocycles. The number of carbonyl (C=O) groups is 2. The summed E-state index contributed by atoms with van der Waals surface area (Å²) in [6.07, 6.45) is 0.330. The van der Waals surface area contributed by atoms with Crippen LogP contribution in [0.5, 0.6) is 5.75 Å². The minimum atomic E-state index is -1.02. The number of benzene rings is 4. The van der Waals surface area contributed by atoms with Gasteiger partial charge in [0.1, 0.15) is 17.6 Å². The molecule has 0 aliphatic rings. The van der Waals surface area contributed by atoms with Crippen molar-refractivity contribution in [3.8, 4) is 5.75 Å². The summed E-state index contributed by atoms with van der Waals surface area (Å²) in [5.41, 5.74) is 20.5. The van der Waals surface area contributed by atoms with Crippen molar-refractivity contribution < 1.29 is 14.7 Å². The summed E-state index contributed by atoms with van der Waals surface area (Å²) in [7, 11) is 0. The largest absolute Gasteiger partial charge is 0.508 e. The Hall–Kier alpha value is -5.64. The van der Waals surface area contributed by atoms with E-state index >= 15 is 0 Å². The highest BCUT2D eigenvalue weighted by molar-refractivity contribution is 5.95. The zero-order valence-corrected chi connectivity index (χ0v) is 24.2. The van der Waals surface area contributed by atoms with Crippen LogP contribution in [0.25, 0.3) is 0 Å². The number of nitrogens with two attached hydrogens (primary N) is 3. The van der Waals surface area contributed by atoms with Gasteiger partial charge in [-0.1, -0.05) is 97.1 Å². The van der Waals surface area contributed by atoms with Gasteiger partial charge in [-0.15, -0.1) is 0 Å². The molecule has 2 atom stereocenters. The second kappa shape index (κ2) is 15.0. The Morgan fingerprint density at radius 1 is 0.750 bits per heavy atom. The number of aliphatic imine (C=N–C) groups is 1. The van der Waals surface area contributed by atoms with E-state index in [9.17, 15) is 14.7 Å². The molecule has 0 fully saturated rings. The quantitative estimate of drug-likeness (QED) is 0.0922. The second-order valence-electron chi connectivity index (χ2n) is 10.4. The van der Waals surface area contributed by atoms with Crippen LogP contribution in [0.4, 0.5) is 0 Å². The molecule has 44 heavy (non-hydrogen) atoms. The summed E-state index contributed by atoms with van der Waals surface area (Å²) in [5, 5.41) is 23.4. The Kier molecular flexibility index (Phi) is 10.7. The predicted octanol–water partition coefficient (Wildman–Crippen LogP) is 3.06. The van der Waals surface area contributed by atoms with Crippen LogP contribution in [0.1, 0.15) is 46.1 Å².